The Balaban J connectivity index is 1.89. The van der Waals surface area contributed by atoms with E-state index in [9.17, 15) is 29.1 Å². The number of aliphatic hydroxyl groups is 1. The fourth-order valence-electron chi connectivity index (χ4n) is 6.63. The molecule has 0 aliphatic rings. The molecule has 0 aliphatic carbocycles. The summed E-state index contributed by atoms with van der Waals surface area (Å²) in [7, 11) is 0. The zero-order chi connectivity index (χ0) is 45.3. The second-order valence-corrected chi connectivity index (χ2v) is 17.2. The maximum absolute atomic E-state index is 16.2. The number of benzene rings is 3. The molecule has 7 N–H and O–H groups in total. The number of aliphatic hydroxyl groups excluding tert-OH is 1. The Morgan fingerprint density at radius 2 is 1.15 bits per heavy atom. The van der Waals surface area contributed by atoms with Crippen molar-refractivity contribution in [1.29, 1.82) is 0 Å². The third-order valence-electron chi connectivity index (χ3n) is 9.59. The van der Waals surface area contributed by atoms with Gasteiger partial charge in [-0.05, 0) is 75.0 Å². The summed E-state index contributed by atoms with van der Waals surface area (Å²) in [6, 6.07) is 22.2. The fraction of sp³-hybridized carbons (Fsp3) is 0.468. The van der Waals surface area contributed by atoms with Crippen LogP contribution < -0.4 is 27.0 Å². The quantitative estimate of drug-likeness (QED) is 0.0689. The number of hydrogen-bond donors (Lipinski definition) is 6. The van der Waals surface area contributed by atoms with Gasteiger partial charge >= 0.3 is 12.0 Å². The molecule has 0 saturated heterocycles. The summed E-state index contributed by atoms with van der Waals surface area (Å²) < 4.78 is 37.8. The first-order valence-electron chi connectivity index (χ1n) is 20.7. The molecule has 0 fully saturated rings. The molecule has 61 heavy (non-hydrogen) atoms. The highest BCUT2D eigenvalue weighted by Crippen LogP contribution is 2.26. The second kappa shape index (κ2) is 23.4. The monoisotopic (exact) mass is 847 g/mol. The van der Waals surface area contributed by atoms with Crippen molar-refractivity contribution in [3.8, 4) is 0 Å². The van der Waals surface area contributed by atoms with Crippen LogP contribution in [0.4, 0.5) is 13.6 Å². The largest absolute Gasteiger partial charge is 0.444 e. The molecule has 6 atom stereocenters. The average Bonchev–Trinajstić information content (AvgIpc) is 3.18. The summed E-state index contributed by atoms with van der Waals surface area (Å²) in [4.78, 5) is 66.2. The van der Waals surface area contributed by atoms with Crippen LogP contribution in [0.25, 0.3) is 0 Å². The first kappa shape index (κ1) is 49.7. The van der Waals surface area contributed by atoms with E-state index in [2.05, 4.69) is 21.3 Å². The zero-order valence-corrected chi connectivity index (χ0v) is 36.2. The molecule has 14 heteroatoms. The van der Waals surface area contributed by atoms with Crippen LogP contribution in [0.5, 0.6) is 0 Å². The van der Waals surface area contributed by atoms with Crippen LogP contribution >= 0.6 is 0 Å². The van der Waals surface area contributed by atoms with Gasteiger partial charge in [0.25, 0.3) is 5.91 Å². The lowest BCUT2D eigenvalue weighted by molar-refractivity contribution is -0.169. The van der Waals surface area contributed by atoms with Gasteiger partial charge in [-0.3, -0.25) is 19.2 Å². The van der Waals surface area contributed by atoms with E-state index in [0.29, 0.717) is 12.0 Å². The van der Waals surface area contributed by atoms with E-state index in [-0.39, 0.29) is 37.5 Å². The van der Waals surface area contributed by atoms with Gasteiger partial charge in [-0.25, -0.2) is 4.79 Å². The van der Waals surface area contributed by atoms with Gasteiger partial charge in [0.15, 0.2) is 0 Å². The van der Waals surface area contributed by atoms with Crippen molar-refractivity contribution in [1.82, 2.24) is 21.3 Å². The lowest BCUT2D eigenvalue weighted by atomic mass is 9.92. The molecule has 5 amide bonds. The van der Waals surface area contributed by atoms with Crippen LogP contribution in [0.3, 0.4) is 0 Å². The van der Waals surface area contributed by atoms with Crippen LogP contribution in [-0.2, 0) is 43.2 Å². The van der Waals surface area contributed by atoms with Crippen molar-refractivity contribution in [2.45, 2.75) is 122 Å². The van der Waals surface area contributed by atoms with Gasteiger partial charge in [0.2, 0.25) is 17.7 Å². The van der Waals surface area contributed by atoms with E-state index in [0.717, 1.165) is 11.1 Å². The average molecular weight is 848 g/mol. The molecule has 3 rings (SSSR count). The highest BCUT2D eigenvalue weighted by atomic mass is 19.3. The molecule has 0 bridgehead atoms. The molecule has 0 radical (unpaired) electrons. The number of nitrogens with two attached hydrogens (primary N) is 1. The maximum Gasteiger partial charge on any atom is 0.408 e. The van der Waals surface area contributed by atoms with Crippen molar-refractivity contribution >= 4 is 29.7 Å². The van der Waals surface area contributed by atoms with E-state index in [1.807, 2.05) is 48.5 Å². The summed E-state index contributed by atoms with van der Waals surface area (Å²) in [6.07, 6.45) is 0.166. The topological polar surface area (TPSA) is 189 Å². The molecule has 0 heterocycles. The van der Waals surface area contributed by atoms with E-state index < -0.39 is 77.4 Å². The third kappa shape index (κ3) is 17.5. The normalized spacial score (nSPS) is 15.0. The molecule has 12 nitrogen and oxygen atoms in total. The Bertz CT molecular complexity index is 1890. The number of alkyl halides is 2. The van der Waals surface area contributed by atoms with Crippen LogP contribution in [0.1, 0.15) is 78.0 Å². The first-order valence-corrected chi connectivity index (χ1v) is 20.7. The number of alkyl carbamates (subject to hydrolysis) is 1. The number of halogens is 2. The number of carbonyl (C=O) groups excluding carboxylic acids is 5. The SMILES string of the molecule is CC(C)C[C@H](NC(=O)C(F)(F)[C@H](O)[C@H](CC(C)C)NC(=O)[C@@H](/C=C/[C@H](Cc1ccccc1)NC(=O)OC(C)(C)C)Cc1ccccc1)C(=O)N[C@@H](Cc1ccccc1)C(N)=O. The van der Waals surface area contributed by atoms with Gasteiger partial charge in [0.05, 0.1) is 18.0 Å². The van der Waals surface area contributed by atoms with Crippen LogP contribution in [0.15, 0.2) is 103 Å². The van der Waals surface area contributed by atoms with E-state index in [1.165, 1.54) is 0 Å². The standard InChI is InChI=1S/C47H63F2N5O7/c1-30(2)25-37(40(55)47(48,49)44(59)54-39(26-31(3)4)43(58)53-38(41(50)56)29-34-21-15-10-16-22-34)52-42(57)35(27-32-17-11-8-12-18-32)23-24-36(28-33-19-13-9-14-20-33)51-45(60)61-46(5,6)7/h8-24,30-31,35-40,55H,25-29H2,1-7H3,(H2,50,56)(H,51,60)(H,52,57)(H,53,58)(H,54,59)/b24-23+/t35-,36+,37-,38-,39-,40+/m0/s1. The van der Waals surface area contributed by atoms with E-state index in [4.69, 9.17) is 10.5 Å². The summed E-state index contributed by atoms with van der Waals surface area (Å²) in [5.74, 6) is -10.4. The molecule has 0 aromatic heterocycles. The number of rotatable bonds is 22. The molecule has 3 aromatic carbocycles. The highest BCUT2D eigenvalue weighted by molar-refractivity contribution is 5.93. The minimum atomic E-state index is -4.49. The van der Waals surface area contributed by atoms with Gasteiger partial charge in [-0.15, -0.1) is 0 Å². The van der Waals surface area contributed by atoms with Gasteiger partial charge in [0.1, 0.15) is 23.8 Å². The van der Waals surface area contributed by atoms with Crippen LogP contribution in [-0.4, -0.2) is 76.6 Å². The number of nitrogens with one attached hydrogen (secondary N) is 4. The molecule has 0 saturated carbocycles. The van der Waals surface area contributed by atoms with Gasteiger partial charge < -0.3 is 36.8 Å². The number of carbonyl (C=O) groups is 5. The molecular formula is C47H63F2N5O7. The highest BCUT2D eigenvalue weighted by Gasteiger charge is 2.51. The fourth-order valence-corrected chi connectivity index (χ4v) is 6.63. The number of primary amides is 1. The zero-order valence-electron chi connectivity index (χ0n) is 36.2. The predicted molar refractivity (Wildman–Crippen MR) is 231 cm³/mol. The molecule has 0 spiro atoms. The summed E-state index contributed by atoms with van der Waals surface area (Å²) in [5, 5.41) is 21.3. The van der Waals surface area contributed by atoms with Crippen LogP contribution in [0, 0.1) is 17.8 Å². The summed E-state index contributed by atoms with van der Waals surface area (Å²) in [5.41, 5.74) is 7.14. The Labute approximate surface area is 358 Å². The van der Waals surface area contributed by atoms with Crippen molar-refractivity contribution in [2.75, 3.05) is 0 Å². The van der Waals surface area contributed by atoms with Gasteiger partial charge in [0, 0.05) is 6.42 Å². The number of ether oxygens (including phenoxy) is 1. The lowest BCUT2D eigenvalue weighted by Gasteiger charge is -2.32. The van der Waals surface area contributed by atoms with E-state index >= 15 is 8.78 Å². The first-order chi connectivity index (χ1) is 28.6. The maximum atomic E-state index is 16.2. The molecular weight excluding hydrogens is 785 g/mol. The van der Waals surface area contributed by atoms with Gasteiger partial charge in [-0.2, -0.15) is 8.78 Å². The second-order valence-electron chi connectivity index (χ2n) is 17.2. The Morgan fingerprint density at radius 3 is 1.62 bits per heavy atom. The van der Waals surface area contributed by atoms with Crippen molar-refractivity contribution < 1.29 is 42.6 Å². The van der Waals surface area contributed by atoms with Crippen molar-refractivity contribution in [3.63, 3.8) is 0 Å². The lowest BCUT2D eigenvalue weighted by Crippen LogP contribution is -2.61. The Kier molecular flexibility index (Phi) is 19.1. The van der Waals surface area contributed by atoms with Crippen molar-refractivity contribution in [3.05, 3.63) is 120 Å². The molecule has 332 valence electrons. The smallest absolute Gasteiger partial charge is 0.408 e. The Hall–Kier alpha value is -5.63. The Morgan fingerprint density at radius 1 is 0.656 bits per heavy atom. The minimum Gasteiger partial charge on any atom is -0.444 e. The molecule has 0 aliphatic heterocycles. The molecule has 0 unspecified atom stereocenters. The summed E-state index contributed by atoms with van der Waals surface area (Å²) in [6.45, 7) is 12.1. The number of amides is 5. The van der Waals surface area contributed by atoms with E-state index in [1.54, 1.807) is 103 Å². The minimum absolute atomic E-state index is 0.0318. The molecule has 3 aromatic rings. The van der Waals surface area contributed by atoms with Crippen molar-refractivity contribution in [2.24, 2.45) is 23.5 Å². The third-order valence-corrected chi connectivity index (χ3v) is 9.59. The number of hydrogen-bond acceptors (Lipinski definition) is 7. The van der Waals surface area contributed by atoms with Gasteiger partial charge in [-0.1, -0.05) is 131 Å². The van der Waals surface area contributed by atoms with Crippen LogP contribution in [0.2, 0.25) is 0 Å². The summed E-state index contributed by atoms with van der Waals surface area (Å²) >= 11 is 0. The predicted octanol–water partition coefficient (Wildman–Crippen LogP) is 5.81.